The Morgan fingerprint density at radius 2 is 2.12 bits per heavy atom. The van der Waals surface area contributed by atoms with Crippen LogP contribution in [0.2, 0.25) is 0 Å². The van der Waals surface area contributed by atoms with Crippen LogP contribution in [0, 0.1) is 17.3 Å². The maximum Gasteiger partial charge on any atom is 0.0685 e. The molecule has 3 rings (SSSR count). The lowest BCUT2D eigenvalue weighted by molar-refractivity contribution is -0.114. The van der Waals surface area contributed by atoms with Crippen molar-refractivity contribution in [3.05, 3.63) is 0 Å². The molecule has 3 aliphatic rings. The third-order valence-corrected chi connectivity index (χ3v) is 4.94. The smallest absolute Gasteiger partial charge is 0.0685 e. The highest BCUT2D eigenvalue weighted by Gasteiger charge is 2.59. The van der Waals surface area contributed by atoms with Gasteiger partial charge in [-0.1, -0.05) is 13.8 Å². The molecule has 0 aromatic carbocycles. The van der Waals surface area contributed by atoms with E-state index in [1.165, 1.54) is 6.42 Å². The number of aliphatic hydroxyl groups is 1. The Hall–Kier alpha value is -0.120. The number of rotatable bonds is 3. The van der Waals surface area contributed by atoms with Gasteiger partial charge in [-0.2, -0.15) is 0 Å². The van der Waals surface area contributed by atoms with Crippen LogP contribution in [0.15, 0.2) is 0 Å². The fraction of sp³-hybridized carbons (Fsp3) is 1.00. The molecule has 3 atom stereocenters. The zero-order chi connectivity index (χ0) is 11.3. The third kappa shape index (κ3) is 1.52. The molecule has 2 saturated carbocycles. The summed E-state index contributed by atoms with van der Waals surface area (Å²) in [5.41, 5.74) is 0.295. The van der Waals surface area contributed by atoms with E-state index < -0.39 is 0 Å². The molecule has 3 nitrogen and oxygen atoms in total. The van der Waals surface area contributed by atoms with Crippen LogP contribution in [0.3, 0.4) is 0 Å². The van der Waals surface area contributed by atoms with E-state index in [-0.39, 0.29) is 6.10 Å². The first-order valence-electron chi connectivity index (χ1n) is 6.62. The van der Waals surface area contributed by atoms with Gasteiger partial charge in [-0.25, -0.2) is 0 Å². The Morgan fingerprint density at radius 1 is 1.38 bits per heavy atom. The Bertz CT molecular complexity index is 273. The summed E-state index contributed by atoms with van der Waals surface area (Å²) in [5, 5.41) is 13.0. The summed E-state index contributed by atoms with van der Waals surface area (Å²) >= 11 is 0. The molecule has 0 amide bonds. The van der Waals surface area contributed by atoms with Crippen molar-refractivity contribution in [2.24, 2.45) is 17.3 Å². The molecule has 92 valence electrons. The van der Waals surface area contributed by atoms with Crippen molar-refractivity contribution in [2.75, 3.05) is 13.2 Å². The van der Waals surface area contributed by atoms with Gasteiger partial charge in [0.25, 0.3) is 0 Å². The molecule has 1 saturated heterocycles. The van der Waals surface area contributed by atoms with E-state index in [9.17, 15) is 5.11 Å². The molecular weight excluding hydrogens is 202 g/mol. The molecule has 2 aliphatic carbocycles. The van der Waals surface area contributed by atoms with Gasteiger partial charge in [-0.15, -0.1) is 0 Å². The topological polar surface area (TPSA) is 41.5 Å². The van der Waals surface area contributed by atoms with Crippen molar-refractivity contribution >= 4 is 0 Å². The summed E-state index contributed by atoms with van der Waals surface area (Å²) in [5.74, 6) is 1.44. The van der Waals surface area contributed by atoms with Crippen molar-refractivity contribution in [1.29, 1.82) is 0 Å². The molecule has 3 unspecified atom stereocenters. The lowest BCUT2D eigenvalue weighted by atomic mass is 9.57. The predicted molar refractivity (Wildman–Crippen MR) is 62.1 cm³/mol. The summed E-state index contributed by atoms with van der Waals surface area (Å²) in [6.07, 6.45) is 3.66. The van der Waals surface area contributed by atoms with Crippen molar-refractivity contribution in [3.8, 4) is 0 Å². The highest BCUT2D eigenvalue weighted by molar-refractivity contribution is 5.11. The van der Waals surface area contributed by atoms with Gasteiger partial charge in [0.2, 0.25) is 0 Å². The number of hydrogen-bond acceptors (Lipinski definition) is 3. The first-order chi connectivity index (χ1) is 7.59. The monoisotopic (exact) mass is 225 g/mol. The van der Waals surface area contributed by atoms with E-state index in [1.807, 2.05) is 0 Å². The van der Waals surface area contributed by atoms with Crippen molar-refractivity contribution in [2.45, 2.75) is 51.4 Å². The number of fused-ring (bicyclic) bond motifs is 1. The molecule has 1 heterocycles. The van der Waals surface area contributed by atoms with Crippen LogP contribution in [0.1, 0.15) is 33.1 Å². The van der Waals surface area contributed by atoms with E-state index in [2.05, 4.69) is 19.2 Å². The third-order valence-electron chi connectivity index (χ3n) is 4.94. The summed E-state index contributed by atoms with van der Waals surface area (Å²) in [4.78, 5) is 0. The van der Waals surface area contributed by atoms with Crippen LogP contribution in [0.5, 0.6) is 0 Å². The second-order valence-electron chi connectivity index (χ2n) is 6.44. The fourth-order valence-corrected chi connectivity index (χ4v) is 3.90. The minimum absolute atomic E-state index is 0.0243. The molecule has 3 fully saturated rings. The predicted octanol–water partition coefficient (Wildman–Crippen LogP) is 1.16. The normalized spacial score (nSPS) is 49.3. The Morgan fingerprint density at radius 3 is 2.81 bits per heavy atom. The molecular formula is C13H23NO2. The van der Waals surface area contributed by atoms with Gasteiger partial charge in [-0.3, -0.25) is 0 Å². The van der Waals surface area contributed by atoms with Crippen molar-refractivity contribution < 1.29 is 9.84 Å². The summed E-state index contributed by atoms with van der Waals surface area (Å²) in [6.45, 7) is 6.65. The first-order valence-corrected chi connectivity index (χ1v) is 6.62. The molecule has 0 radical (unpaired) electrons. The average molecular weight is 225 g/mol. The minimum Gasteiger partial charge on any atom is -0.393 e. The lowest BCUT2D eigenvalue weighted by Crippen LogP contribution is -2.66. The van der Waals surface area contributed by atoms with Crippen LogP contribution in [-0.2, 0) is 4.74 Å². The maximum absolute atomic E-state index is 9.26. The van der Waals surface area contributed by atoms with E-state index in [0.717, 1.165) is 31.9 Å². The van der Waals surface area contributed by atoms with Crippen molar-refractivity contribution in [3.63, 3.8) is 0 Å². The standard InChI is InChI=1S/C13H23NO2/c1-13(2)11(10-3-4-16-12(10)13)14-7-8-5-9(15)6-8/h8-12,14-15H,3-7H2,1-2H3. The zero-order valence-corrected chi connectivity index (χ0v) is 10.3. The van der Waals surface area contributed by atoms with Gasteiger partial charge in [0.15, 0.2) is 0 Å². The fourth-order valence-electron chi connectivity index (χ4n) is 3.90. The van der Waals surface area contributed by atoms with Crippen LogP contribution in [0.25, 0.3) is 0 Å². The van der Waals surface area contributed by atoms with Crippen LogP contribution in [-0.4, -0.2) is 36.5 Å². The lowest BCUT2D eigenvalue weighted by Gasteiger charge is -2.55. The zero-order valence-electron chi connectivity index (χ0n) is 10.3. The van der Waals surface area contributed by atoms with Gasteiger partial charge >= 0.3 is 0 Å². The summed E-state index contributed by atoms with van der Waals surface area (Å²) in [6, 6.07) is 0.623. The second-order valence-corrected chi connectivity index (χ2v) is 6.44. The second kappa shape index (κ2) is 3.69. The van der Waals surface area contributed by atoms with E-state index in [4.69, 9.17) is 4.74 Å². The number of ether oxygens (including phenoxy) is 1. The maximum atomic E-state index is 9.26. The Kier molecular flexibility index (Phi) is 2.54. The largest absolute Gasteiger partial charge is 0.393 e. The Labute approximate surface area is 97.6 Å². The number of hydrogen-bond donors (Lipinski definition) is 2. The van der Waals surface area contributed by atoms with E-state index in [0.29, 0.717) is 23.5 Å². The van der Waals surface area contributed by atoms with Gasteiger partial charge in [0, 0.05) is 24.0 Å². The van der Waals surface area contributed by atoms with Crippen molar-refractivity contribution in [1.82, 2.24) is 5.32 Å². The van der Waals surface area contributed by atoms with E-state index in [1.54, 1.807) is 0 Å². The summed E-state index contributed by atoms with van der Waals surface area (Å²) < 4.78 is 5.78. The highest BCUT2D eigenvalue weighted by Crippen LogP contribution is 2.52. The van der Waals surface area contributed by atoms with Crippen LogP contribution in [0.4, 0.5) is 0 Å². The summed E-state index contributed by atoms with van der Waals surface area (Å²) in [7, 11) is 0. The van der Waals surface area contributed by atoms with E-state index >= 15 is 0 Å². The molecule has 0 aromatic rings. The molecule has 1 aliphatic heterocycles. The Balaban J connectivity index is 1.51. The van der Waals surface area contributed by atoms with Gasteiger partial charge in [-0.05, 0) is 31.7 Å². The van der Waals surface area contributed by atoms with Crippen LogP contribution < -0.4 is 5.32 Å². The molecule has 0 spiro atoms. The molecule has 0 aromatic heterocycles. The number of nitrogens with one attached hydrogen (secondary N) is 1. The molecule has 16 heavy (non-hydrogen) atoms. The minimum atomic E-state index is -0.0243. The van der Waals surface area contributed by atoms with Gasteiger partial charge in [0.1, 0.15) is 0 Å². The average Bonchev–Trinajstić information content (AvgIpc) is 2.61. The SMILES string of the molecule is CC1(C)C(NCC2CC(O)C2)C2CCOC21. The molecule has 3 heteroatoms. The molecule has 0 bridgehead atoms. The van der Waals surface area contributed by atoms with Gasteiger partial charge in [0.05, 0.1) is 12.2 Å². The van der Waals surface area contributed by atoms with Gasteiger partial charge < -0.3 is 15.2 Å². The highest BCUT2D eigenvalue weighted by atomic mass is 16.5. The quantitative estimate of drug-likeness (QED) is 0.757. The first kappa shape index (κ1) is 11.0. The number of aliphatic hydroxyl groups excluding tert-OH is 1. The molecule has 2 N–H and O–H groups in total. The van der Waals surface area contributed by atoms with Crippen LogP contribution >= 0.6 is 0 Å².